The zero-order chi connectivity index (χ0) is 21.5. The molecule has 0 saturated heterocycles. The molecule has 4 rings (SSSR count). The Morgan fingerprint density at radius 1 is 0.903 bits per heavy atom. The molecule has 4 heteroatoms. The normalized spacial score (nSPS) is 11.3. The molecule has 0 aliphatic heterocycles. The number of unbranched alkanes of at least 4 members (excludes halogenated alkanes) is 5. The van der Waals surface area contributed by atoms with Crippen LogP contribution in [0.2, 0.25) is 0 Å². The second-order valence-electron chi connectivity index (χ2n) is 8.18. The van der Waals surface area contributed by atoms with Crippen LogP contribution in [0, 0.1) is 0 Å². The highest BCUT2D eigenvalue weighted by molar-refractivity contribution is 5.96. The van der Waals surface area contributed by atoms with Crippen molar-refractivity contribution in [3.8, 4) is 0 Å². The highest BCUT2D eigenvalue weighted by atomic mass is 16.3. The van der Waals surface area contributed by atoms with Crippen LogP contribution in [-0.2, 0) is 6.54 Å². The average molecular weight is 415 g/mol. The lowest BCUT2D eigenvalue weighted by molar-refractivity contribution is 0.0710. The number of hydrogen-bond acceptors (Lipinski definition) is 3. The van der Waals surface area contributed by atoms with E-state index in [0.717, 1.165) is 46.8 Å². The standard InChI is InChI=1S/C27H30N2O2/c1-2-3-4-5-6-11-16-29(20-21-17-22-12-7-9-14-24(22)28-19-21)27(30)26-18-23-13-8-10-15-25(23)31-26/h7-10,12-15,17-19H,2-6,11,16,20H2,1H3. The van der Waals surface area contributed by atoms with Crippen LogP contribution in [0.25, 0.3) is 21.9 Å². The molecule has 0 bridgehead atoms. The summed E-state index contributed by atoms with van der Waals surface area (Å²) >= 11 is 0. The van der Waals surface area contributed by atoms with Gasteiger partial charge in [0, 0.05) is 30.1 Å². The van der Waals surface area contributed by atoms with E-state index in [4.69, 9.17) is 4.42 Å². The fourth-order valence-electron chi connectivity index (χ4n) is 4.00. The summed E-state index contributed by atoms with van der Waals surface area (Å²) < 4.78 is 5.87. The van der Waals surface area contributed by atoms with Crippen molar-refractivity contribution >= 4 is 27.8 Å². The predicted molar refractivity (Wildman–Crippen MR) is 126 cm³/mol. The number of pyridine rings is 1. The SMILES string of the molecule is CCCCCCCCN(Cc1cnc2ccccc2c1)C(=O)c1cc2ccccc2o1. The minimum absolute atomic E-state index is 0.0575. The number of rotatable bonds is 10. The van der Waals surface area contributed by atoms with Gasteiger partial charge >= 0.3 is 0 Å². The van der Waals surface area contributed by atoms with Gasteiger partial charge in [0.25, 0.3) is 5.91 Å². The third-order valence-electron chi connectivity index (χ3n) is 5.73. The smallest absolute Gasteiger partial charge is 0.289 e. The molecule has 0 N–H and O–H groups in total. The predicted octanol–water partition coefficient (Wildman–Crippen LogP) is 6.98. The maximum atomic E-state index is 13.4. The Bertz CT molecular complexity index is 1120. The first-order valence-electron chi connectivity index (χ1n) is 11.4. The number of para-hydroxylation sites is 2. The Balaban J connectivity index is 1.51. The molecule has 0 aliphatic carbocycles. The summed E-state index contributed by atoms with van der Waals surface area (Å²) in [6, 6.07) is 19.8. The van der Waals surface area contributed by atoms with Crippen LogP contribution < -0.4 is 0 Å². The van der Waals surface area contributed by atoms with Gasteiger partial charge in [-0.1, -0.05) is 75.4 Å². The van der Waals surface area contributed by atoms with Gasteiger partial charge in [0.15, 0.2) is 5.76 Å². The Labute approximate surface area is 183 Å². The van der Waals surface area contributed by atoms with Crippen molar-refractivity contribution in [1.82, 2.24) is 9.88 Å². The molecule has 1 amide bonds. The van der Waals surface area contributed by atoms with Crippen LogP contribution in [0.5, 0.6) is 0 Å². The third-order valence-corrected chi connectivity index (χ3v) is 5.73. The highest BCUT2D eigenvalue weighted by Crippen LogP contribution is 2.22. The number of amides is 1. The fraction of sp³-hybridized carbons (Fsp3) is 0.333. The van der Waals surface area contributed by atoms with Gasteiger partial charge in [-0.2, -0.15) is 0 Å². The first kappa shape index (κ1) is 21.1. The number of furan rings is 1. The van der Waals surface area contributed by atoms with Crippen molar-refractivity contribution in [2.45, 2.75) is 52.0 Å². The van der Waals surface area contributed by atoms with E-state index < -0.39 is 0 Å². The van der Waals surface area contributed by atoms with Crippen molar-refractivity contribution < 1.29 is 9.21 Å². The van der Waals surface area contributed by atoms with E-state index in [9.17, 15) is 4.79 Å². The molecular formula is C27H30N2O2. The molecule has 2 aromatic heterocycles. The number of fused-ring (bicyclic) bond motifs is 2. The second kappa shape index (κ2) is 10.3. The molecule has 0 saturated carbocycles. The van der Waals surface area contributed by atoms with Gasteiger partial charge in [-0.3, -0.25) is 9.78 Å². The zero-order valence-electron chi connectivity index (χ0n) is 18.2. The maximum absolute atomic E-state index is 13.4. The third kappa shape index (κ3) is 5.32. The molecule has 4 aromatic rings. The van der Waals surface area contributed by atoms with Gasteiger partial charge < -0.3 is 9.32 Å². The first-order chi connectivity index (χ1) is 15.2. The number of carbonyl (C=O) groups excluding carboxylic acids is 1. The van der Waals surface area contributed by atoms with Crippen molar-refractivity contribution in [3.05, 3.63) is 78.2 Å². The van der Waals surface area contributed by atoms with E-state index in [-0.39, 0.29) is 5.91 Å². The lowest BCUT2D eigenvalue weighted by atomic mass is 10.1. The summed E-state index contributed by atoms with van der Waals surface area (Å²) in [6.45, 7) is 3.48. The van der Waals surface area contributed by atoms with Gasteiger partial charge in [-0.25, -0.2) is 0 Å². The minimum atomic E-state index is -0.0575. The molecule has 0 spiro atoms. The topological polar surface area (TPSA) is 46.3 Å². The van der Waals surface area contributed by atoms with Gasteiger partial charge in [0.05, 0.1) is 5.52 Å². The van der Waals surface area contributed by atoms with Gasteiger partial charge in [-0.15, -0.1) is 0 Å². The molecule has 0 aliphatic rings. The van der Waals surface area contributed by atoms with Gasteiger partial charge in [0.1, 0.15) is 5.58 Å². The van der Waals surface area contributed by atoms with Crippen molar-refractivity contribution in [2.24, 2.45) is 0 Å². The van der Waals surface area contributed by atoms with E-state index in [1.54, 1.807) is 0 Å². The summed E-state index contributed by atoms with van der Waals surface area (Å²) in [5, 5.41) is 2.05. The van der Waals surface area contributed by atoms with E-state index in [0.29, 0.717) is 12.3 Å². The maximum Gasteiger partial charge on any atom is 0.289 e. The molecule has 2 heterocycles. The Hall–Kier alpha value is -3.14. The van der Waals surface area contributed by atoms with E-state index in [2.05, 4.69) is 24.0 Å². The van der Waals surface area contributed by atoms with Gasteiger partial charge in [-0.05, 0) is 36.2 Å². The summed E-state index contributed by atoms with van der Waals surface area (Å²) in [4.78, 5) is 19.8. The highest BCUT2D eigenvalue weighted by Gasteiger charge is 2.20. The number of aromatic nitrogens is 1. The molecule has 0 unspecified atom stereocenters. The number of nitrogens with zero attached hydrogens (tertiary/aromatic N) is 2. The number of hydrogen-bond donors (Lipinski definition) is 0. The molecule has 0 fully saturated rings. The lowest BCUT2D eigenvalue weighted by Crippen LogP contribution is -2.31. The van der Waals surface area contributed by atoms with Crippen molar-refractivity contribution in [3.63, 3.8) is 0 Å². The largest absolute Gasteiger partial charge is 0.451 e. The van der Waals surface area contributed by atoms with Crippen molar-refractivity contribution in [1.29, 1.82) is 0 Å². The number of benzene rings is 2. The number of carbonyl (C=O) groups is 1. The average Bonchev–Trinajstić information content (AvgIpc) is 3.24. The minimum Gasteiger partial charge on any atom is -0.451 e. The molecule has 4 nitrogen and oxygen atoms in total. The molecule has 2 aromatic carbocycles. The quantitative estimate of drug-likeness (QED) is 0.263. The monoisotopic (exact) mass is 414 g/mol. The molecular weight excluding hydrogens is 384 g/mol. The van der Waals surface area contributed by atoms with Crippen LogP contribution in [0.15, 0.2) is 71.3 Å². The summed E-state index contributed by atoms with van der Waals surface area (Å²) in [5.41, 5.74) is 2.75. The summed E-state index contributed by atoms with van der Waals surface area (Å²) in [6.07, 6.45) is 9.02. The van der Waals surface area contributed by atoms with Crippen molar-refractivity contribution in [2.75, 3.05) is 6.54 Å². The molecule has 0 atom stereocenters. The molecule has 31 heavy (non-hydrogen) atoms. The van der Waals surface area contributed by atoms with Crippen LogP contribution in [0.1, 0.15) is 61.6 Å². The molecule has 160 valence electrons. The Kier molecular flexibility index (Phi) is 6.98. The second-order valence-corrected chi connectivity index (χ2v) is 8.18. The van der Waals surface area contributed by atoms with E-state index >= 15 is 0 Å². The Morgan fingerprint density at radius 2 is 1.65 bits per heavy atom. The fourth-order valence-corrected chi connectivity index (χ4v) is 4.00. The van der Waals surface area contributed by atoms with E-state index in [1.165, 1.54) is 25.7 Å². The summed E-state index contributed by atoms with van der Waals surface area (Å²) in [7, 11) is 0. The molecule has 0 radical (unpaired) electrons. The van der Waals surface area contributed by atoms with E-state index in [1.807, 2.05) is 59.6 Å². The van der Waals surface area contributed by atoms with Crippen LogP contribution in [0.4, 0.5) is 0 Å². The van der Waals surface area contributed by atoms with Crippen LogP contribution in [-0.4, -0.2) is 22.3 Å². The summed E-state index contributed by atoms with van der Waals surface area (Å²) in [5.74, 6) is 0.346. The first-order valence-corrected chi connectivity index (χ1v) is 11.4. The van der Waals surface area contributed by atoms with Crippen LogP contribution in [0.3, 0.4) is 0 Å². The zero-order valence-corrected chi connectivity index (χ0v) is 18.2. The lowest BCUT2D eigenvalue weighted by Gasteiger charge is -2.22. The van der Waals surface area contributed by atoms with Gasteiger partial charge in [0.2, 0.25) is 0 Å². The Morgan fingerprint density at radius 3 is 2.48 bits per heavy atom. The van der Waals surface area contributed by atoms with Crippen LogP contribution >= 0.6 is 0 Å².